The van der Waals surface area contributed by atoms with Gasteiger partial charge in [-0.05, 0) is 72.8 Å². The first-order chi connectivity index (χ1) is 22.5. The summed E-state index contributed by atoms with van der Waals surface area (Å²) in [7, 11) is 0. The summed E-state index contributed by atoms with van der Waals surface area (Å²) in [6.07, 6.45) is 2.40. The Morgan fingerprint density at radius 1 is 0.913 bits per heavy atom. The van der Waals surface area contributed by atoms with E-state index in [0.29, 0.717) is 34.9 Å². The van der Waals surface area contributed by atoms with Crippen molar-refractivity contribution in [3.63, 3.8) is 0 Å². The number of fused-ring (bicyclic) bond motifs is 1. The lowest BCUT2D eigenvalue weighted by Crippen LogP contribution is -2.44. The Balaban J connectivity index is 1.04. The lowest BCUT2D eigenvalue weighted by Gasteiger charge is -2.43. The smallest absolute Gasteiger partial charge is 0.433 e. The first-order valence-electron chi connectivity index (χ1n) is 15.4. The van der Waals surface area contributed by atoms with E-state index < -0.39 is 18.0 Å². The fourth-order valence-electron chi connectivity index (χ4n) is 6.98. The molecular formula is C35H34N6O5. The number of hydrogen-bond donors (Lipinski definition) is 0. The van der Waals surface area contributed by atoms with Gasteiger partial charge >= 0.3 is 6.16 Å². The van der Waals surface area contributed by atoms with Gasteiger partial charge in [-0.15, -0.1) is 10.2 Å². The summed E-state index contributed by atoms with van der Waals surface area (Å²) in [4.78, 5) is 20.2. The topological polar surface area (TPSA) is 129 Å². The fraction of sp³-hybridized carbons (Fsp3) is 0.314. The Hall–Kier alpha value is -5.16. The highest BCUT2D eigenvalue weighted by Gasteiger charge is 2.42. The van der Waals surface area contributed by atoms with E-state index in [1.54, 1.807) is 13.0 Å². The van der Waals surface area contributed by atoms with Crippen LogP contribution in [-0.4, -0.2) is 63.5 Å². The maximum atomic E-state index is 13.2. The normalized spacial score (nSPS) is 20.0. The summed E-state index contributed by atoms with van der Waals surface area (Å²) < 4.78 is 22.2. The van der Waals surface area contributed by atoms with Crippen molar-refractivity contribution in [2.75, 3.05) is 26.2 Å². The highest BCUT2D eigenvalue weighted by Crippen LogP contribution is 2.46. The lowest BCUT2D eigenvalue weighted by molar-refractivity contribution is 0.0576. The van der Waals surface area contributed by atoms with Crippen molar-refractivity contribution in [2.45, 2.75) is 43.9 Å². The first-order valence-corrected chi connectivity index (χ1v) is 15.4. The molecule has 2 aromatic heterocycles. The third-order valence-electron chi connectivity index (χ3n) is 9.24. The van der Waals surface area contributed by atoms with Crippen LogP contribution in [0, 0.1) is 0 Å². The van der Waals surface area contributed by atoms with Crippen molar-refractivity contribution in [3.05, 3.63) is 119 Å². The van der Waals surface area contributed by atoms with Crippen LogP contribution in [0.4, 0.5) is 4.79 Å². The summed E-state index contributed by atoms with van der Waals surface area (Å²) in [5, 5.41) is 16.2. The number of piperidine rings is 1. The van der Waals surface area contributed by atoms with Crippen molar-refractivity contribution >= 4 is 22.9 Å². The maximum Gasteiger partial charge on any atom is 0.513 e. The zero-order chi connectivity index (χ0) is 31.5. The van der Waals surface area contributed by atoms with E-state index in [-0.39, 0.29) is 12.0 Å². The molecule has 0 amide bonds. The third kappa shape index (κ3) is 5.58. The number of ether oxygens (including phenoxy) is 2. The van der Waals surface area contributed by atoms with Crippen LogP contribution < -0.4 is 0 Å². The van der Waals surface area contributed by atoms with Gasteiger partial charge in [0.25, 0.3) is 0 Å². The molecule has 0 N–H and O–H groups in total. The zero-order valence-electron chi connectivity index (χ0n) is 25.7. The second kappa shape index (κ2) is 12.7. The number of nitrogens with zero attached hydrogens (tertiary/aromatic N) is 6. The minimum atomic E-state index is -0.802. The fourth-order valence-corrected chi connectivity index (χ4v) is 6.98. The molecule has 0 radical (unpaired) electrons. The average molecular weight is 619 g/mol. The van der Waals surface area contributed by atoms with Gasteiger partial charge in [-0.2, -0.15) is 0 Å². The minimum absolute atomic E-state index is 0.0470. The van der Waals surface area contributed by atoms with Crippen molar-refractivity contribution in [2.24, 2.45) is 4.99 Å². The van der Waals surface area contributed by atoms with Gasteiger partial charge in [-0.1, -0.05) is 72.8 Å². The van der Waals surface area contributed by atoms with Gasteiger partial charge in [0.1, 0.15) is 23.4 Å². The Bertz CT molecular complexity index is 1820. The average Bonchev–Trinajstić information content (AvgIpc) is 3.80. The van der Waals surface area contributed by atoms with E-state index in [0.717, 1.165) is 37.2 Å². The van der Waals surface area contributed by atoms with Crippen LogP contribution in [0.3, 0.4) is 0 Å². The number of carbonyl (C=O) groups is 1. The molecule has 1 fully saturated rings. The number of carbonyl (C=O) groups excluding carboxylic acids is 1. The highest BCUT2D eigenvalue weighted by molar-refractivity contribution is 5.93. The monoisotopic (exact) mass is 618 g/mol. The molecule has 2 atom stereocenters. The third-order valence-corrected chi connectivity index (χ3v) is 9.24. The predicted molar refractivity (Wildman–Crippen MR) is 169 cm³/mol. The standard InChI is InChI=1S/C35H34N6O5/c1-23-29(33-38-36-22-44-33)30(27-14-9-15-28-31(27)40-46-39-28)32(24(2)37-23)45-34(42)43-21-20-41-18-16-35(17-19-41,25-10-5-3-6-11-25)26-12-7-4-8-13-26/h3-15,22,29-30H,16-21H2,1-2H3. The van der Waals surface area contributed by atoms with Crippen LogP contribution in [0.25, 0.3) is 11.0 Å². The Kier molecular flexibility index (Phi) is 8.15. The van der Waals surface area contributed by atoms with Gasteiger partial charge < -0.3 is 13.9 Å². The van der Waals surface area contributed by atoms with Crippen molar-refractivity contribution < 1.29 is 23.3 Å². The van der Waals surface area contributed by atoms with Crippen molar-refractivity contribution in [1.82, 2.24) is 25.4 Å². The van der Waals surface area contributed by atoms with Crippen LogP contribution in [0.1, 0.15) is 61.1 Å². The molecule has 46 heavy (non-hydrogen) atoms. The van der Waals surface area contributed by atoms with Crippen LogP contribution >= 0.6 is 0 Å². The molecule has 2 aliphatic rings. The number of allylic oxidation sites excluding steroid dienone is 2. The second-order valence-electron chi connectivity index (χ2n) is 11.8. The molecule has 0 aliphatic carbocycles. The van der Waals surface area contributed by atoms with Gasteiger partial charge in [-0.3, -0.25) is 9.89 Å². The van der Waals surface area contributed by atoms with Gasteiger partial charge in [0.2, 0.25) is 12.3 Å². The molecule has 11 nitrogen and oxygen atoms in total. The molecule has 0 saturated carbocycles. The highest BCUT2D eigenvalue weighted by atomic mass is 16.7. The molecular weight excluding hydrogens is 584 g/mol. The van der Waals surface area contributed by atoms with Crippen LogP contribution in [0.5, 0.6) is 0 Å². The number of rotatable bonds is 8. The summed E-state index contributed by atoms with van der Waals surface area (Å²) in [5.41, 5.74) is 5.74. The van der Waals surface area contributed by atoms with Crippen molar-refractivity contribution in [1.29, 1.82) is 0 Å². The number of aliphatic imine (C=N–C) groups is 1. The molecule has 0 spiro atoms. The van der Waals surface area contributed by atoms with Crippen molar-refractivity contribution in [3.8, 4) is 0 Å². The van der Waals surface area contributed by atoms with Gasteiger partial charge in [-0.25, -0.2) is 9.42 Å². The van der Waals surface area contributed by atoms with E-state index in [1.165, 1.54) is 17.5 Å². The molecule has 2 unspecified atom stereocenters. The predicted octanol–water partition coefficient (Wildman–Crippen LogP) is 6.41. The minimum Gasteiger partial charge on any atom is -0.433 e. The summed E-state index contributed by atoms with van der Waals surface area (Å²) in [6.45, 7) is 6.22. The number of benzene rings is 3. The number of likely N-dealkylation sites (tertiary alicyclic amines) is 1. The van der Waals surface area contributed by atoms with E-state index >= 15 is 0 Å². The lowest BCUT2D eigenvalue weighted by atomic mass is 9.68. The zero-order valence-corrected chi connectivity index (χ0v) is 25.7. The molecule has 1 saturated heterocycles. The molecule has 234 valence electrons. The second-order valence-corrected chi connectivity index (χ2v) is 11.8. The van der Waals surface area contributed by atoms with Crippen LogP contribution in [0.2, 0.25) is 0 Å². The summed E-state index contributed by atoms with van der Waals surface area (Å²) >= 11 is 0. The number of hydrogen-bond acceptors (Lipinski definition) is 11. The number of aromatic nitrogens is 4. The largest absolute Gasteiger partial charge is 0.513 e. The van der Waals surface area contributed by atoms with Gasteiger partial charge in [0.15, 0.2) is 0 Å². The molecule has 5 aromatic rings. The van der Waals surface area contributed by atoms with Crippen LogP contribution in [-0.2, 0) is 14.9 Å². The molecule has 2 aliphatic heterocycles. The molecule has 11 heteroatoms. The molecule has 0 bridgehead atoms. The molecule has 7 rings (SSSR count). The SMILES string of the molecule is CC1=NC(C)=C(OC(=O)OCCN2CCC(c3ccccc3)(c3ccccc3)CC2)C(c2cccc3nonc23)C1c1nnco1. The van der Waals surface area contributed by atoms with E-state index in [4.69, 9.17) is 18.5 Å². The van der Waals surface area contributed by atoms with E-state index in [9.17, 15) is 4.79 Å². The van der Waals surface area contributed by atoms with Crippen LogP contribution in [0.15, 0.2) is 111 Å². The Labute approximate surface area is 265 Å². The summed E-state index contributed by atoms with van der Waals surface area (Å²) in [6, 6.07) is 27.0. The Morgan fingerprint density at radius 2 is 1.63 bits per heavy atom. The molecule has 3 aromatic carbocycles. The van der Waals surface area contributed by atoms with Gasteiger partial charge in [0, 0.05) is 17.7 Å². The van der Waals surface area contributed by atoms with Gasteiger partial charge in [0.05, 0.1) is 17.5 Å². The quantitative estimate of drug-likeness (QED) is 0.180. The molecule has 4 heterocycles. The summed E-state index contributed by atoms with van der Waals surface area (Å²) in [5.74, 6) is -0.400. The first kappa shape index (κ1) is 29.5. The van der Waals surface area contributed by atoms with E-state index in [1.807, 2.05) is 19.1 Å². The van der Waals surface area contributed by atoms with E-state index in [2.05, 4.69) is 91.1 Å². The maximum absolute atomic E-state index is 13.2. The Morgan fingerprint density at radius 3 is 2.30 bits per heavy atom.